The minimum absolute atomic E-state index is 0.0244. The molecule has 1 aromatic carbocycles. The number of carbonyl (C=O) groups is 1. The minimum atomic E-state index is 0.0244. The summed E-state index contributed by atoms with van der Waals surface area (Å²) >= 11 is 0. The van der Waals surface area contributed by atoms with Crippen LogP contribution in [0.4, 0.5) is 0 Å². The van der Waals surface area contributed by atoms with E-state index in [1.54, 1.807) is 4.68 Å². The highest BCUT2D eigenvalue weighted by molar-refractivity contribution is 5.92. The maximum absolute atomic E-state index is 12.8. The fraction of sp³-hybridized carbons (Fsp3) is 0.412. The Bertz CT molecular complexity index is 643. The quantitative estimate of drug-likeness (QED) is 0.866. The summed E-state index contributed by atoms with van der Waals surface area (Å²) in [5.41, 5.74) is 3.88. The van der Waals surface area contributed by atoms with Gasteiger partial charge in [-0.1, -0.05) is 24.3 Å². The van der Waals surface area contributed by atoms with E-state index in [0.717, 1.165) is 5.69 Å². The molecule has 1 amide bonds. The number of aromatic nitrogens is 2. The van der Waals surface area contributed by atoms with E-state index in [1.807, 2.05) is 50.9 Å². The molecule has 0 radical (unpaired) electrons. The molecule has 1 heterocycles. The van der Waals surface area contributed by atoms with Crippen molar-refractivity contribution in [3.8, 4) is 0 Å². The second-order valence-corrected chi connectivity index (χ2v) is 5.75. The fourth-order valence-corrected chi connectivity index (χ4v) is 2.42. The lowest BCUT2D eigenvalue weighted by atomic mass is 10.1. The smallest absolute Gasteiger partial charge is 0.272 e. The van der Waals surface area contributed by atoms with Crippen molar-refractivity contribution in [2.45, 2.75) is 40.3 Å². The van der Waals surface area contributed by atoms with Gasteiger partial charge in [-0.2, -0.15) is 5.10 Å². The maximum atomic E-state index is 12.8. The highest BCUT2D eigenvalue weighted by atomic mass is 16.2. The number of nitrogens with zero attached hydrogens (tertiary/aromatic N) is 3. The predicted molar refractivity (Wildman–Crippen MR) is 84.1 cm³/mol. The second kappa shape index (κ2) is 6.12. The molecule has 0 N–H and O–H groups in total. The fourth-order valence-electron chi connectivity index (χ4n) is 2.42. The number of aryl methyl sites for hydroxylation is 3. The van der Waals surface area contributed by atoms with Crippen molar-refractivity contribution in [3.05, 3.63) is 52.8 Å². The Labute approximate surface area is 126 Å². The van der Waals surface area contributed by atoms with Crippen molar-refractivity contribution in [1.29, 1.82) is 0 Å². The molecule has 0 bridgehead atoms. The first-order chi connectivity index (χ1) is 9.90. The second-order valence-electron chi connectivity index (χ2n) is 5.75. The van der Waals surface area contributed by atoms with Gasteiger partial charge >= 0.3 is 0 Å². The number of hydrogen-bond donors (Lipinski definition) is 0. The summed E-state index contributed by atoms with van der Waals surface area (Å²) in [6.07, 6.45) is 0. The van der Waals surface area contributed by atoms with Gasteiger partial charge < -0.3 is 4.90 Å². The monoisotopic (exact) mass is 285 g/mol. The zero-order valence-corrected chi connectivity index (χ0v) is 13.4. The molecule has 0 atom stereocenters. The van der Waals surface area contributed by atoms with Crippen molar-refractivity contribution in [2.75, 3.05) is 0 Å². The van der Waals surface area contributed by atoms with Crippen LogP contribution in [0, 0.1) is 13.8 Å². The molecule has 4 heteroatoms. The summed E-state index contributed by atoms with van der Waals surface area (Å²) in [4.78, 5) is 14.7. The molecule has 0 unspecified atom stereocenters. The molecule has 1 aromatic heterocycles. The Hall–Kier alpha value is -2.10. The van der Waals surface area contributed by atoms with Gasteiger partial charge in [-0.15, -0.1) is 0 Å². The van der Waals surface area contributed by atoms with Crippen LogP contribution < -0.4 is 0 Å². The third-order valence-electron chi connectivity index (χ3n) is 3.71. The molecule has 21 heavy (non-hydrogen) atoms. The van der Waals surface area contributed by atoms with Crippen LogP contribution in [0.3, 0.4) is 0 Å². The van der Waals surface area contributed by atoms with E-state index < -0.39 is 0 Å². The van der Waals surface area contributed by atoms with E-state index in [-0.39, 0.29) is 11.9 Å². The third kappa shape index (κ3) is 3.32. The van der Waals surface area contributed by atoms with Crippen LogP contribution in [-0.4, -0.2) is 26.6 Å². The SMILES string of the molecule is Cc1cc(C(=O)N(Cc2ccccc2C)C(C)C)n(C)n1. The Morgan fingerprint density at radius 1 is 1.29 bits per heavy atom. The number of rotatable bonds is 4. The molecule has 0 spiro atoms. The van der Waals surface area contributed by atoms with Crippen molar-refractivity contribution in [1.82, 2.24) is 14.7 Å². The largest absolute Gasteiger partial charge is 0.331 e. The van der Waals surface area contributed by atoms with E-state index in [9.17, 15) is 4.79 Å². The summed E-state index contributed by atoms with van der Waals surface area (Å²) in [6, 6.07) is 10.2. The highest BCUT2D eigenvalue weighted by Gasteiger charge is 2.22. The summed E-state index contributed by atoms with van der Waals surface area (Å²) in [7, 11) is 1.81. The van der Waals surface area contributed by atoms with Crippen molar-refractivity contribution >= 4 is 5.91 Å². The standard InChI is InChI=1S/C17H23N3O/c1-12(2)20(11-15-9-7-6-8-13(15)3)17(21)16-10-14(4)18-19(16)5/h6-10,12H,11H2,1-5H3. The van der Waals surface area contributed by atoms with Crippen molar-refractivity contribution < 1.29 is 4.79 Å². The van der Waals surface area contributed by atoms with Gasteiger partial charge in [-0.25, -0.2) is 0 Å². The van der Waals surface area contributed by atoms with Crippen molar-refractivity contribution in [3.63, 3.8) is 0 Å². The van der Waals surface area contributed by atoms with E-state index in [1.165, 1.54) is 11.1 Å². The molecule has 0 aliphatic carbocycles. The van der Waals surface area contributed by atoms with E-state index >= 15 is 0 Å². The Balaban J connectivity index is 2.29. The van der Waals surface area contributed by atoms with Crippen LogP contribution in [0.2, 0.25) is 0 Å². The van der Waals surface area contributed by atoms with Gasteiger partial charge in [-0.3, -0.25) is 9.48 Å². The third-order valence-corrected chi connectivity index (χ3v) is 3.71. The van der Waals surface area contributed by atoms with Gasteiger partial charge in [0.25, 0.3) is 5.91 Å². The molecule has 2 rings (SSSR count). The number of amides is 1. The van der Waals surface area contributed by atoms with E-state index in [4.69, 9.17) is 0 Å². The zero-order chi connectivity index (χ0) is 15.6. The van der Waals surface area contributed by atoms with Crippen LogP contribution in [-0.2, 0) is 13.6 Å². The lowest BCUT2D eigenvalue weighted by Gasteiger charge is -2.27. The summed E-state index contributed by atoms with van der Waals surface area (Å²) in [5.74, 6) is 0.0244. The number of benzene rings is 1. The van der Waals surface area contributed by atoms with Crippen molar-refractivity contribution in [2.24, 2.45) is 7.05 Å². The van der Waals surface area contributed by atoms with Gasteiger partial charge in [0.05, 0.1) is 5.69 Å². The average Bonchev–Trinajstić information content (AvgIpc) is 2.75. The average molecular weight is 285 g/mol. The summed E-state index contributed by atoms with van der Waals surface area (Å²) < 4.78 is 1.66. The number of carbonyl (C=O) groups excluding carboxylic acids is 1. The molecule has 0 saturated carbocycles. The molecule has 4 nitrogen and oxygen atoms in total. The molecule has 112 valence electrons. The van der Waals surface area contributed by atoms with Crippen LogP contribution in [0.15, 0.2) is 30.3 Å². The van der Waals surface area contributed by atoms with E-state index in [0.29, 0.717) is 12.2 Å². The molecule has 0 fully saturated rings. The molecule has 0 aliphatic heterocycles. The first kappa shape index (κ1) is 15.3. The van der Waals surface area contributed by atoms with Gasteiger partial charge in [0, 0.05) is 19.6 Å². The molecule has 0 saturated heterocycles. The maximum Gasteiger partial charge on any atom is 0.272 e. The van der Waals surface area contributed by atoms with Gasteiger partial charge in [0.15, 0.2) is 0 Å². The summed E-state index contributed by atoms with van der Waals surface area (Å²) in [6.45, 7) is 8.68. The highest BCUT2D eigenvalue weighted by Crippen LogP contribution is 2.16. The van der Waals surface area contributed by atoms with Crippen LogP contribution >= 0.6 is 0 Å². The topological polar surface area (TPSA) is 38.1 Å². The van der Waals surface area contributed by atoms with Gasteiger partial charge in [0.2, 0.25) is 0 Å². The normalized spacial score (nSPS) is 11.0. The molecule has 2 aromatic rings. The van der Waals surface area contributed by atoms with Crippen LogP contribution in [0.5, 0.6) is 0 Å². The molecular formula is C17H23N3O. The van der Waals surface area contributed by atoms with Crippen LogP contribution in [0.1, 0.15) is 41.2 Å². The Kier molecular flexibility index (Phi) is 4.46. The molecular weight excluding hydrogens is 262 g/mol. The first-order valence-electron chi connectivity index (χ1n) is 7.26. The minimum Gasteiger partial charge on any atom is -0.331 e. The van der Waals surface area contributed by atoms with E-state index in [2.05, 4.69) is 24.2 Å². The Morgan fingerprint density at radius 3 is 2.48 bits per heavy atom. The zero-order valence-electron chi connectivity index (χ0n) is 13.4. The Morgan fingerprint density at radius 2 is 1.95 bits per heavy atom. The van der Waals surface area contributed by atoms with Gasteiger partial charge in [-0.05, 0) is 44.9 Å². The lowest BCUT2D eigenvalue weighted by Crippen LogP contribution is -2.37. The lowest BCUT2D eigenvalue weighted by molar-refractivity contribution is 0.0678. The number of hydrogen-bond acceptors (Lipinski definition) is 2. The molecule has 0 aliphatic rings. The summed E-state index contributed by atoms with van der Waals surface area (Å²) in [5, 5.41) is 4.27. The predicted octanol–water partition coefficient (Wildman–Crippen LogP) is 3.09. The van der Waals surface area contributed by atoms with Gasteiger partial charge in [0.1, 0.15) is 5.69 Å². The first-order valence-corrected chi connectivity index (χ1v) is 7.26. The van der Waals surface area contributed by atoms with Crippen LogP contribution in [0.25, 0.3) is 0 Å².